The highest BCUT2D eigenvalue weighted by atomic mass is 19.4. The number of hydrogen-bond acceptors (Lipinski definition) is 4. The average Bonchev–Trinajstić information content (AvgIpc) is 3.48. The standard InChI is InChI=1S/C24H22F3N5O4/c1-14-13-17(8-9-18(14)22(34)35)32-12-10-20(30-32)29-21(33)19-3-2-11-31(19)23(36)28-16-6-4-15(5-7-16)24(25,26)27/h4-10,12-13,19H,2-3,11H2,1H3,(H,28,36)(H,34,35)(H,29,30,33)/t19-/m0/s1. The van der Waals surface area contributed by atoms with Crippen LogP contribution < -0.4 is 10.6 Å². The summed E-state index contributed by atoms with van der Waals surface area (Å²) in [5, 5.41) is 18.7. The second-order valence-corrected chi connectivity index (χ2v) is 8.30. The zero-order chi connectivity index (χ0) is 26.0. The molecule has 1 aliphatic rings. The van der Waals surface area contributed by atoms with E-state index in [9.17, 15) is 32.7 Å². The van der Waals surface area contributed by atoms with Crippen molar-refractivity contribution >= 4 is 29.4 Å². The van der Waals surface area contributed by atoms with Crippen molar-refractivity contribution in [3.63, 3.8) is 0 Å². The Kier molecular flexibility index (Phi) is 6.69. The van der Waals surface area contributed by atoms with Gasteiger partial charge in [0.05, 0.1) is 16.8 Å². The molecule has 4 rings (SSSR count). The maximum Gasteiger partial charge on any atom is 0.416 e. The highest BCUT2D eigenvalue weighted by Crippen LogP contribution is 2.30. The van der Waals surface area contributed by atoms with Gasteiger partial charge in [-0.25, -0.2) is 14.3 Å². The second-order valence-electron chi connectivity index (χ2n) is 8.30. The van der Waals surface area contributed by atoms with Crippen molar-refractivity contribution in [3.8, 4) is 5.69 Å². The van der Waals surface area contributed by atoms with Gasteiger partial charge in [-0.15, -0.1) is 0 Å². The van der Waals surface area contributed by atoms with Crippen LogP contribution in [0.2, 0.25) is 0 Å². The normalized spacial score (nSPS) is 15.6. The van der Waals surface area contributed by atoms with Gasteiger partial charge in [-0.05, 0) is 67.8 Å². The van der Waals surface area contributed by atoms with Crippen LogP contribution in [0.25, 0.3) is 5.69 Å². The lowest BCUT2D eigenvalue weighted by Crippen LogP contribution is -2.45. The molecule has 2 heterocycles. The summed E-state index contributed by atoms with van der Waals surface area (Å²) >= 11 is 0. The predicted octanol–water partition coefficient (Wildman–Crippen LogP) is 4.53. The summed E-state index contributed by atoms with van der Waals surface area (Å²) in [6, 6.07) is 8.98. The number of aromatic carboxylic acids is 1. The second kappa shape index (κ2) is 9.72. The molecule has 1 saturated heterocycles. The Morgan fingerprint density at radius 1 is 1.06 bits per heavy atom. The molecular weight excluding hydrogens is 479 g/mol. The fourth-order valence-corrected chi connectivity index (χ4v) is 3.99. The zero-order valence-corrected chi connectivity index (χ0v) is 19.0. The van der Waals surface area contributed by atoms with Gasteiger partial charge in [-0.2, -0.15) is 18.3 Å². The quantitative estimate of drug-likeness (QED) is 0.475. The number of carbonyl (C=O) groups is 3. The molecule has 1 atom stereocenters. The highest BCUT2D eigenvalue weighted by molar-refractivity contribution is 5.99. The van der Waals surface area contributed by atoms with Crippen molar-refractivity contribution in [2.75, 3.05) is 17.2 Å². The van der Waals surface area contributed by atoms with Crippen LogP contribution in [-0.2, 0) is 11.0 Å². The summed E-state index contributed by atoms with van der Waals surface area (Å²) in [6.45, 7) is 1.98. The van der Waals surface area contributed by atoms with Crippen LogP contribution in [0.3, 0.4) is 0 Å². The molecule has 188 valence electrons. The highest BCUT2D eigenvalue weighted by Gasteiger charge is 2.35. The number of carbonyl (C=O) groups excluding carboxylic acids is 2. The van der Waals surface area contributed by atoms with Crippen LogP contribution in [0.5, 0.6) is 0 Å². The number of anilines is 2. The Bertz CT molecular complexity index is 1300. The van der Waals surface area contributed by atoms with E-state index in [4.69, 9.17) is 0 Å². The Labute approximate surface area is 203 Å². The van der Waals surface area contributed by atoms with Crippen molar-refractivity contribution in [2.24, 2.45) is 0 Å². The zero-order valence-electron chi connectivity index (χ0n) is 19.0. The van der Waals surface area contributed by atoms with Gasteiger partial charge in [0, 0.05) is 24.5 Å². The molecule has 1 fully saturated rings. The molecule has 2 aromatic carbocycles. The van der Waals surface area contributed by atoms with E-state index in [0.29, 0.717) is 30.6 Å². The summed E-state index contributed by atoms with van der Waals surface area (Å²) in [4.78, 5) is 38.1. The summed E-state index contributed by atoms with van der Waals surface area (Å²) in [5.74, 6) is -1.23. The van der Waals surface area contributed by atoms with Gasteiger partial charge >= 0.3 is 18.2 Å². The first-order valence-corrected chi connectivity index (χ1v) is 11.0. The Balaban J connectivity index is 1.40. The number of urea groups is 1. The third-order valence-electron chi connectivity index (χ3n) is 5.83. The van der Waals surface area contributed by atoms with Crippen LogP contribution in [0.15, 0.2) is 54.7 Å². The molecule has 0 bridgehead atoms. The number of carboxylic acids is 1. The molecule has 0 saturated carbocycles. The van der Waals surface area contributed by atoms with Gasteiger partial charge in [-0.1, -0.05) is 0 Å². The number of aromatic nitrogens is 2. The Morgan fingerprint density at radius 3 is 2.42 bits per heavy atom. The molecule has 1 aliphatic heterocycles. The molecule has 3 aromatic rings. The number of halogens is 3. The van der Waals surface area contributed by atoms with Crippen molar-refractivity contribution in [1.82, 2.24) is 14.7 Å². The van der Waals surface area contributed by atoms with Crippen LogP contribution in [0.4, 0.5) is 29.5 Å². The monoisotopic (exact) mass is 501 g/mol. The van der Waals surface area contributed by atoms with Gasteiger partial charge in [0.15, 0.2) is 5.82 Å². The largest absolute Gasteiger partial charge is 0.478 e. The minimum Gasteiger partial charge on any atom is -0.478 e. The maximum atomic E-state index is 12.9. The molecule has 0 aliphatic carbocycles. The van der Waals surface area contributed by atoms with Gasteiger partial charge in [0.25, 0.3) is 0 Å². The number of nitrogens with one attached hydrogen (secondary N) is 2. The van der Waals surface area contributed by atoms with Crippen molar-refractivity contribution in [3.05, 3.63) is 71.4 Å². The predicted molar refractivity (Wildman–Crippen MR) is 124 cm³/mol. The first kappa shape index (κ1) is 24.8. The SMILES string of the molecule is Cc1cc(-n2ccc(NC(=O)[C@@H]3CCCN3C(=O)Nc3ccc(C(F)(F)F)cc3)n2)ccc1C(=O)O. The summed E-state index contributed by atoms with van der Waals surface area (Å²) in [5.41, 5.74) is 0.696. The number of amides is 3. The van der Waals surface area contributed by atoms with Crippen LogP contribution in [-0.4, -0.2) is 50.3 Å². The molecule has 1 aromatic heterocycles. The van der Waals surface area contributed by atoms with Crippen LogP contribution >= 0.6 is 0 Å². The lowest BCUT2D eigenvalue weighted by atomic mass is 10.1. The van der Waals surface area contributed by atoms with Crippen molar-refractivity contribution in [1.29, 1.82) is 0 Å². The van der Waals surface area contributed by atoms with Gasteiger partial charge in [0.2, 0.25) is 5.91 Å². The number of nitrogens with zero attached hydrogens (tertiary/aromatic N) is 3. The van der Waals surface area contributed by atoms with Crippen LogP contribution in [0.1, 0.15) is 34.3 Å². The molecule has 9 nitrogen and oxygen atoms in total. The van der Waals surface area contributed by atoms with E-state index in [1.807, 2.05) is 0 Å². The van der Waals surface area contributed by atoms with E-state index in [1.54, 1.807) is 31.3 Å². The summed E-state index contributed by atoms with van der Waals surface area (Å²) < 4.78 is 39.7. The average molecular weight is 501 g/mol. The molecule has 3 amide bonds. The lowest BCUT2D eigenvalue weighted by molar-refractivity contribution is -0.137. The topological polar surface area (TPSA) is 117 Å². The minimum absolute atomic E-state index is 0.176. The number of hydrogen-bond donors (Lipinski definition) is 3. The van der Waals surface area contributed by atoms with E-state index in [0.717, 1.165) is 24.3 Å². The van der Waals surface area contributed by atoms with Crippen molar-refractivity contribution in [2.45, 2.75) is 32.0 Å². The number of likely N-dealkylation sites (tertiary alicyclic amines) is 1. The lowest BCUT2D eigenvalue weighted by Gasteiger charge is -2.24. The van der Waals surface area contributed by atoms with Crippen LogP contribution in [0, 0.1) is 6.92 Å². The molecular formula is C24H22F3N5O4. The number of rotatable bonds is 5. The minimum atomic E-state index is -4.48. The number of aryl methyl sites for hydroxylation is 1. The maximum absolute atomic E-state index is 12.9. The van der Waals surface area contributed by atoms with E-state index in [-0.39, 0.29) is 17.1 Å². The summed E-state index contributed by atoms with van der Waals surface area (Å²) in [6.07, 6.45) is -1.87. The van der Waals surface area contributed by atoms with E-state index >= 15 is 0 Å². The smallest absolute Gasteiger partial charge is 0.416 e. The van der Waals surface area contributed by atoms with E-state index in [2.05, 4.69) is 15.7 Å². The third-order valence-corrected chi connectivity index (χ3v) is 5.83. The Hall–Kier alpha value is -4.35. The van der Waals surface area contributed by atoms with E-state index in [1.165, 1.54) is 15.6 Å². The molecule has 36 heavy (non-hydrogen) atoms. The van der Waals surface area contributed by atoms with E-state index < -0.39 is 35.7 Å². The molecule has 3 N–H and O–H groups in total. The van der Waals surface area contributed by atoms with Gasteiger partial charge < -0.3 is 20.6 Å². The molecule has 0 radical (unpaired) electrons. The number of benzene rings is 2. The third kappa shape index (κ3) is 5.32. The number of carboxylic acid groups (broad SMARTS) is 1. The molecule has 0 unspecified atom stereocenters. The fraction of sp³-hybridized carbons (Fsp3) is 0.250. The first-order valence-electron chi connectivity index (χ1n) is 11.0. The Morgan fingerprint density at radius 2 is 1.78 bits per heavy atom. The summed E-state index contributed by atoms with van der Waals surface area (Å²) in [7, 11) is 0. The fourth-order valence-electron chi connectivity index (χ4n) is 3.99. The number of alkyl halides is 3. The molecule has 0 spiro atoms. The van der Waals surface area contributed by atoms with Gasteiger partial charge in [-0.3, -0.25) is 4.79 Å². The van der Waals surface area contributed by atoms with Crippen molar-refractivity contribution < 1.29 is 32.7 Å². The molecule has 12 heteroatoms. The first-order chi connectivity index (χ1) is 17.0. The van der Waals surface area contributed by atoms with Gasteiger partial charge in [0.1, 0.15) is 6.04 Å².